The number of benzene rings is 1. The summed E-state index contributed by atoms with van der Waals surface area (Å²) in [5.74, 6) is 0.689. The Morgan fingerprint density at radius 2 is 2.33 bits per heavy atom. The van der Waals surface area contributed by atoms with E-state index in [2.05, 4.69) is 10.3 Å². The van der Waals surface area contributed by atoms with Crippen LogP contribution in [0.3, 0.4) is 0 Å². The molecule has 0 amide bonds. The van der Waals surface area contributed by atoms with Crippen molar-refractivity contribution in [3.8, 4) is 0 Å². The number of aromatic nitrogens is 1. The number of hydrogen-bond acceptors (Lipinski definition) is 4. The van der Waals surface area contributed by atoms with Crippen LogP contribution in [-0.4, -0.2) is 17.6 Å². The second-order valence-electron chi connectivity index (χ2n) is 3.77. The fourth-order valence-electron chi connectivity index (χ4n) is 1.43. The number of fused-ring (bicyclic) bond motifs is 1. The molecule has 0 saturated heterocycles. The second-order valence-corrected chi connectivity index (χ2v) is 3.77. The number of rotatable bonds is 3. The molecular weight excluding hydrogens is 190 g/mol. The van der Waals surface area contributed by atoms with Gasteiger partial charge < -0.3 is 15.5 Å². The third-order valence-electron chi connectivity index (χ3n) is 2.12. The molecule has 0 radical (unpaired) electrons. The lowest BCUT2D eigenvalue weighted by molar-refractivity contribution is 0.561. The highest BCUT2D eigenvalue weighted by molar-refractivity contribution is 5.77. The summed E-state index contributed by atoms with van der Waals surface area (Å²) >= 11 is 0. The molecular formula is C11H15N3O. The molecule has 4 heteroatoms. The summed E-state index contributed by atoms with van der Waals surface area (Å²) in [4.78, 5) is 4.26. The number of nitrogens with two attached hydrogens (primary N) is 1. The van der Waals surface area contributed by atoms with Gasteiger partial charge in [0.25, 0.3) is 0 Å². The third-order valence-corrected chi connectivity index (χ3v) is 2.12. The summed E-state index contributed by atoms with van der Waals surface area (Å²) in [5, 5.41) is 3.24. The minimum absolute atomic E-state index is 0.139. The molecule has 1 atom stereocenters. The summed E-state index contributed by atoms with van der Waals surface area (Å²) in [6.07, 6.45) is 0. The topological polar surface area (TPSA) is 64.1 Å². The molecule has 0 fully saturated rings. The predicted molar refractivity (Wildman–Crippen MR) is 60.9 cm³/mol. The van der Waals surface area contributed by atoms with E-state index in [1.54, 1.807) is 0 Å². The zero-order chi connectivity index (χ0) is 10.8. The first-order chi connectivity index (χ1) is 7.15. The van der Waals surface area contributed by atoms with E-state index in [1.165, 1.54) is 0 Å². The molecule has 1 unspecified atom stereocenters. The van der Waals surface area contributed by atoms with Crippen molar-refractivity contribution in [1.82, 2.24) is 4.98 Å². The Morgan fingerprint density at radius 1 is 1.53 bits per heavy atom. The van der Waals surface area contributed by atoms with E-state index in [4.69, 9.17) is 10.2 Å². The Morgan fingerprint density at radius 3 is 3.07 bits per heavy atom. The highest BCUT2D eigenvalue weighted by Crippen LogP contribution is 2.19. The maximum Gasteiger partial charge on any atom is 0.192 e. The van der Waals surface area contributed by atoms with E-state index < -0.39 is 0 Å². The van der Waals surface area contributed by atoms with Gasteiger partial charge in [-0.25, -0.2) is 4.98 Å². The van der Waals surface area contributed by atoms with Gasteiger partial charge in [0.2, 0.25) is 0 Å². The molecule has 2 rings (SSSR count). The molecule has 0 saturated carbocycles. The molecule has 1 heterocycles. The van der Waals surface area contributed by atoms with E-state index >= 15 is 0 Å². The maximum absolute atomic E-state index is 5.66. The Balaban J connectivity index is 2.22. The molecule has 0 aliphatic rings. The summed E-state index contributed by atoms with van der Waals surface area (Å²) in [7, 11) is 0. The SMILES string of the molecule is Cc1nc2cc(NCC(C)N)ccc2o1. The zero-order valence-electron chi connectivity index (χ0n) is 8.95. The molecule has 1 aromatic carbocycles. The Hall–Kier alpha value is -1.55. The van der Waals surface area contributed by atoms with Crippen molar-refractivity contribution in [1.29, 1.82) is 0 Å². The van der Waals surface area contributed by atoms with Crippen molar-refractivity contribution in [3.05, 3.63) is 24.1 Å². The second kappa shape index (κ2) is 3.90. The van der Waals surface area contributed by atoms with Crippen LogP contribution >= 0.6 is 0 Å². The quantitative estimate of drug-likeness (QED) is 0.803. The number of nitrogens with zero attached hydrogens (tertiary/aromatic N) is 1. The van der Waals surface area contributed by atoms with Crippen LogP contribution < -0.4 is 11.1 Å². The summed E-state index contributed by atoms with van der Waals surface area (Å²) < 4.78 is 5.38. The standard InChI is InChI=1S/C11H15N3O/c1-7(12)6-13-9-3-4-11-10(5-9)14-8(2)15-11/h3-5,7,13H,6,12H2,1-2H3. The number of oxazole rings is 1. The fraction of sp³-hybridized carbons (Fsp3) is 0.364. The maximum atomic E-state index is 5.66. The number of nitrogens with one attached hydrogen (secondary N) is 1. The first kappa shape index (κ1) is 9.98. The van der Waals surface area contributed by atoms with Gasteiger partial charge in [0.05, 0.1) is 0 Å². The van der Waals surface area contributed by atoms with Gasteiger partial charge in [-0.15, -0.1) is 0 Å². The van der Waals surface area contributed by atoms with Gasteiger partial charge in [0.15, 0.2) is 11.5 Å². The molecule has 0 spiro atoms. The molecule has 4 nitrogen and oxygen atoms in total. The smallest absolute Gasteiger partial charge is 0.192 e. The van der Waals surface area contributed by atoms with Gasteiger partial charge in [-0.2, -0.15) is 0 Å². The lowest BCUT2D eigenvalue weighted by Crippen LogP contribution is -2.25. The first-order valence-corrected chi connectivity index (χ1v) is 5.02. The van der Waals surface area contributed by atoms with E-state index in [9.17, 15) is 0 Å². The minimum atomic E-state index is 0.139. The van der Waals surface area contributed by atoms with Crippen molar-refractivity contribution >= 4 is 16.8 Å². The summed E-state index contributed by atoms with van der Waals surface area (Å²) in [5.41, 5.74) is 8.38. The highest BCUT2D eigenvalue weighted by atomic mass is 16.3. The van der Waals surface area contributed by atoms with Crippen LogP contribution in [0, 0.1) is 6.92 Å². The van der Waals surface area contributed by atoms with Crippen LogP contribution in [0.5, 0.6) is 0 Å². The van der Waals surface area contributed by atoms with Gasteiger partial charge in [-0.1, -0.05) is 0 Å². The molecule has 2 aromatic rings. The molecule has 15 heavy (non-hydrogen) atoms. The lowest BCUT2D eigenvalue weighted by Gasteiger charge is -2.08. The molecule has 80 valence electrons. The summed E-state index contributed by atoms with van der Waals surface area (Å²) in [6.45, 7) is 4.56. The first-order valence-electron chi connectivity index (χ1n) is 5.02. The Bertz CT molecular complexity index is 462. The number of anilines is 1. The number of hydrogen-bond donors (Lipinski definition) is 2. The molecule has 3 N–H and O–H groups in total. The Kier molecular flexibility index (Phi) is 2.60. The van der Waals surface area contributed by atoms with Gasteiger partial charge >= 0.3 is 0 Å². The number of aryl methyl sites for hydroxylation is 1. The molecule has 0 aliphatic carbocycles. The zero-order valence-corrected chi connectivity index (χ0v) is 8.95. The van der Waals surface area contributed by atoms with Crippen molar-refractivity contribution in [2.24, 2.45) is 5.73 Å². The average molecular weight is 205 g/mol. The normalized spacial score (nSPS) is 13.0. The predicted octanol–water partition coefficient (Wildman–Crippen LogP) is 1.90. The van der Waals surface area contributed by atoms with E-state index in [0.29, 0.717) is 5.89 Å². The highest BCUT2D eigenvalue weighted by Gasteiger charge is 2.03. The van der Waals surface area contributed by atoms with E-state index in [1.807, 2.05) is 32.0 Å². The van der Waals surface area contributed by atoms with Gasteiger partial charge in [-0.3, -0.25) is 0 Å². The van der Waals surface area contributed by atoms with Crippen molar-refractivity contribution < 1.29 is 4.42 Å². The molecule has 1 aromatic heterocycles. The average Bonchev–Trinajstić information content (AvgIpc) is 2.53. The van der Waals surface area contributed by atoms with Gasteiger partial charge in [0, 0.05) is 25.2 Å². The van der Waals surface area contributed by atoms with E-state index in [0.717, 1.165) is 23.3 Å². The largest absolute Gasteiger partial charge is 0.441 e. The fourth-order valence-corrected chi connectivity index (χ4v) is 1.43. The van der Waals surface area contributed by atoms with Crippen LogP contribution in [-0.2, 0) is 0 Å². The molecule has 0 aliphatic heterocycles. The van der Waals surface area contributed by atoms with Crippen LogP contribution in [0.2, 0.25) is 0 Å². The van der Waals surface area contributed by atoms with Crippen molar-refractivity contribution in [2.75, 3.05) is 11.9 Å². The van der Waals surface area contributed by atoms with E-state index in [-0.39, 0.29) is 6.04 Å². The Labute approximate surface area is 88.5 Å². The minimum Gasteiger partial charge on any atom is -0.441 e. The van der Waals surface area contributed by atoms with Crippen LogP contribution in [0.4, 0.5) is 5.69 Å². The van der Waals surface area contributed by atoms with Gasteiger partial charge in [-0.05, 0) is 25.1 Å². The van der Waals surface area contributed by atoms with Crippen molar-refractivity contribution in [3.63, 3.8) is 0 Å². The third kappa shape index (κ3) is 2.27. The van der Waals surface area contributed by atoms with Crippen molar-refractivity contribution in [2.45, 2.75) is 19.9 Å². The van der Waals surface area contributed by atoms with Gasteiger partial charge in [0.1, 0.15) is 5.52 Å². The van der Waals surface area contributed by atoms with Crippen LogP contribution in [0.15, 0.2) is 22.6 Å². The summed E-state index contributed by atoms with van der Waals surface area (Å²) in [6, 6.07) is 5.99. The monoisotopic (exact) mass is 205 g/mol. The van der Waals surface area contributed by atoms with Crippen LogP contribution in [0.1, 0.15) is 12.8 Å². The molecule has 0 bridgehead atoms. The van der Waals surface area contributed by atoms with Crippen LogP contribution in [0.25, 0.3) is 11.1 Å². The lowest BCUT2D eigenvalue weighted by atomic mass is 10.2.